The fourth-order valence-corrected chi connectivity index (χ4v) is 2.29. The highest BCUT2D eigenvalue weighted by Crippen LogP contribution is 2.38. The summed E-state index contributed by atoms with van der Waals surface area (Å²) in [5, 5.41) is 20.1. The molecular formula is C12H13FN2O4. The van der Waals surface area contributed by atoms with Gasteiger partial charge in [-0.3, -0.25) is 14.9 Å². The van der Waals surface area contributed by atoms with Gasteiger partial charge in [-0.1, -0.05) is 6.07 Å². The van der Waals surface area contributed by atoms with Crippen molar-refractivity contribution in [2.24, 2.45) is 5.41 Å². The summed E-state index contributed by atoms with van der Waals surface area (Å²) in [5.41, 5.74) is -1.47. The molecule has 1 fully saturated rings. The topological polar surface area (TPSA) is 83.7 Å². The van der Waals surface area contributed by atoms with Gasteiger partial charge in [0.2, 0.25) is 0 Å². The molecule has 0 bridgehead atoms. The summed E-state index contributed by atoms with van der Waals surface area (Å²) < 4.78 is 13.8. The molecule has 0 aliphatic carbocycles. The molecule has 1 aromatic carbocycles. The van der Waals surface area contributed by atoms with E-state index in [9.17, 15) is 19.3 Å². The number of nitro benzene ring substituents is 1. The number of para-hydroxylation sites is 1. The van der Waals surface area contributed by atoms with Gasteiger partial charge in [0, 0.05) is 19.2 Å². The van der Waals surface area contributed by atoms with Crippen molar-refractivity contribution in [2.75, 3.05) is 18.0 Å². The molecule has 1 aliphatic rings. The van der Waals surface area contributed by atoms with Gasteiger partial charge in [-0.25, -0.2) is 4.39 Å². The lowest BCUT2D eigenvalue weighted by Crippen LogP contribution is -2.32. The van der Waals surface area contributed by atoms with E-state index in [1.165, 1.54) is 17.0 Å². The van der Waals surface area contributed by atoms with Crippen LogP contribution in [-0.4, -0.2) is 29.1 Å². The average Bonchev–Trinajstić information content (AvgIpc) is 2.72. The minimum atomic E-state index is -1.00. The normalized spacial score (nSPS) is 22.5. The third-order valence-electron chi connectivity index (χ3n) is 3.47. The highest BCUT2D eigenvalue weighted by Gasteiger charge is 2.42. The minimum absolute atomic E-state index is 0.0596. The number of aliphatic carboxylic acids is 1. The molecule has 0 radical (unpaired) electrons. The van der Waals surface area contributed by atoms with E-state index in [2.05, 4.69) is 0 Å². The standard InChI is InChI=1S/C12H13FN2O4/c1-12(11(16)17)5-6-14(7-12)10-8(13)3-2-4-9(10)15(18)19/h2-4H,5-7H2,1H3,(H,16,17). The molecule has 19 heavy (non-hydrogen) atoms. The number of carboxylic acid groups (broad SMARTS) is 1. The largest absolute Gasteiger partial charge is 0.481 e. The second kappa shape index (κ2) is 4.49. The molecule has 1 saturated heterocycles. The van der Waals surface area contributed by atoms with Crippen molar-refractivity contribution >= 4 is 17.3 Å². The molecule has 0 spiro atoms. The Bertz CT molecular complexity index is 549. The lowest BCUT2D eigenvalue weighted by atomic mass is 9.90. The van der Waals surface area contributed by atoms with E-state index < -0.39 is 22.1 Å². The third kappa shape index (κ3) is 2.23. The van der Waals surface area contributed by atoms with Crippen LogP contribution < -0.4 is 4.90 Å². The third-order valence-corrected chi connectivity index (χ3v) is 3.47. The number of anilines is 1. The van der Waals surface area contributed by atoms with Gasteiger partial charge < -0.3 is 10.0 Å². The van der Waals surface area contributed by atoms with E-state index in [0.29, 0.717) is 6.42 Å². The fourth-order valence-electron chi connectivity index (χ4n) is 2.29. The van der Waals surface area contributed by atoms with Gasteiger partial charge in [-0.05, 0) is 19.4 Å². The minimum Gasteiger partial charge on any atom is -0.481 e. The molecule has 1 aliphatic heterocycles. The summed E-state index contributed by atoms with van der Waals surface area (Å²) in [6, 6.07) is 3.62. The van der Waals surface area contributed by atoms with E-state index in [1.54, 1.807) is 6.92 Å². The van der Waals surface area contributed by atoms with Gasteiger partial charge in [-0.15, -0.1) is 0 Å². The average molecular weight is 268 g/mol. The zero-order valence-electron chi connectivity index (χ0n) is 10.3. The Hall–Kier alpha value is -2.18. The molecule has 2 rings (SSSR count). The second-order valence-electron chi connectivity index (χ2n) is 4.90. The lowest BCUT2D eigenvalue weighted by molar-refractivity contribution is -0.384. The maximum absolute atomic E-state index is 13.8. The van der Waals surface area contributed by atoms with Crippen molar-refractivity contribution in [3.05, 3.63) is 34.1 Å². The van der Waals surface area contributed by atoms with E-state index in [-0.39, 0.29) is 24.5 Å². The molecule has 0 aromatic heterocycles. The highest BCUT2D eigenvalue weighted by atomic mass is 19.1. The number of carbonyl (C=O) groups is 1. The fraction of sp³-hybridized carbons (Fsp3) is 0.417. The summed E-state index contributed by atoms with van der Waals surface area (Å²) in [6.07, 6.45) is 0.327. The maximum atomic E-state index is 13.8. The zero-order valence-corrected chi connectivity index (χ0v) is 10.3. The van der Waals surface area contributed by atoms with Crippen LogP contribution in [0.25, 0.3) is 0 Å². The molecule has 1 N–H and O–H groups in total. The number of nitro groups is 1. The van der Waals surface area contributed by atoms with Gasteiger partial charge in [0.15, 0.2) is 11.5 Å². The van der Waals surface area contributed by atoms with Crippen LogP contribution in [0.15, 0.2) is 18.2 Å². The number of rotatable bonds is 3. The first-order valence-corrected chi connectivity index (χ1v) is 5.76. The second-order valence-corrected chi connectivity index (χ2v) is 4.90. The Morgan fingerprint density at radius 2 is 2.26 bits per heavy atom. The number of hydrogen-bond acceptors (Lipinski definition) is 4. The van der Waals surface area contributed by atoms with Crippen LogP contribution >= 0.6 is 0 Å². The summed E-state index contributed by atoms with van der Waals surface area (Å²) in [4.78, 5) is 22.8. The van der Waals surface area contributed by atoms with Crippen molar-refractivity contribution in [3.63, 3.8) is 0 Å². The zero-order chi connectivity index (χ0) is 14.2. The SMILES string of the molecule is CC1(C(=O)O)CCN(c2c(F)cccc2[N+](=O)[O-])C1. The van der Waals surface area contributed by atoms with Crippen LogP contribution in [0.4, 0.5) is 15.8 Å². The Kier molecular flexibility index (Phi) is 3.13. The Balaban J connectivity index is 2.39. The Labute approximate surface area is 108 Å². The van der Waals surface area contributed by atoms with Crippen LogP contribution in [0.3, 0.4) is 0 Å². The van der Waals surface area contributed by atoms with Crippen molar-refractivity contribution in [2.45, 2.75) is 13.3 Å². The molecule has 7 heteroatoms. The molecular weight excluding hydrogens is 255 g/mol. The first-order chi connectivity index (χ1) is 8.85. The van der Waals surface area contributed by atoms with E-state index in [0.717, 1.165) is 6.07 Å². The summed E-state index contributed by atoms with van der Waals surface area (Å²) in [5.74, 6) is -1.68. The van der Waals surface area contributed by atoms with Gasteiger partial charge in [0.05, 0.1) is 10.3 Å². The van der Waals surface area contributed by atoms with Crippen LogP contribution in [0, 0.1) is 21.3 Å². The Morgan fingerprint density at radius 3 is 2.79 bits per heavy atom. The lowest BCUT2D eigenvalue weighted by Gasteiger charge is -2.21. The molecule has 1 atom stereocenters. The van der Waals surface area contributed by atoms with Crippen LogP contribution in [0.5, 0.6) is 0 Å². The molecule has 6 nitrogen and oxygen atoms in total. The maximum Gasteiger partial charge on any atom is 0.311 e. The highest BCUT2D eigenvalue weighted by molar-refractivity contribution is 5.77. The molecule has 102 valence electrons. The van der Waals surface area contributed by atoms with E-state index in [1.807, 2.05) is 0 Å². The molecule has 0 amide bonds. The Morgan fingerprint density at radius 1 is 1.58 bits per heavy atom. The number of hydrogen-bond donors (Lipinski definition) is 1. The predicted molar refractivity (Wildman–Crippen MR) is 65.6 cm³/mol. The van der Waals surface area contributed by atoms with Crippen molar-refractivity contribution in [1.82, 2.24) is 0 Å². The quantitative estimate of drug-likeness (QED) is 0.669. The molecule has 0 saturated carbocycles. The monoisotopic (exact) mass is 268 g/mol. The number of halogens is 1. The van der Waals surface area contributed by atoms with Crippen LogP contribution in [0.2, 0.25) is 0 Å². The van der Waals surface area contributed by atoms with Crippen molar-refractivity contribution in [3.8, 4) is 0 Å². The predicted octanol–water partition coefficient (Wildman–Crippen LogP) is 2.03. The van der Waals surface area contributed by atoms with Crippen LogP contribution in [0.1, 0.15) is 13.3 Å². The molecule has 1 aromatic rings. The first-order valence-electron chi connectivity index (χ1n) is 5.76. The summed E-state index contributed by atoms with van der Waals surface area (Å²) >= 11 is 0. The van der Waals surface area contributed by atoms with Crippen molar-refractivity contribution < 1.29 is 19.2 Å². The van der Waals surface area contributed by atoms with Gasteiger partial charge in [0.25, 0.3) is 5.69 Å². The number of benzene rings is 1. The van der Waals surface area contributed by atoms with Gasteiger partial charge in [-0.2, -0.15) is 0 Å². The molecule has 1 heterocycles. The van der Waals surface area contributed by atoms with Gasteiger partial charge in [0.1, 0.15) is 0 Å². The van der Waals surface area contributed by atoms with E-state index in [4.69, 9.17) is 5.11 Å². The van der Waals surface area contributed by atoms with Crippen LogP contribution in [-0.2, 0) is 4.79 Å². The number of carboxylic acids is 1. The number of nitrogens with zero attached hydrogens (tertiary/aromatic N) is 2. The molecule has 1 unspecified atom stereocenters. The van der Waals surface area contributed by atoms with Crippen molar-refractivity contribution in [1.29, 1.82) is 0 Å². The van der Waals surface area contributed by atoms with Gasteiger partial charge >= 0.3 is 5.97 Å². The van der Waals surface area contributed by atoms with E-state index >= 15 is 0 Å². The first kappa shape index (κ1) is 13.3. The smallest absolute Gasteiger partial charge is 0.311 e. The summed E-state index contributed by atoms with van der Waals surface area (Å²) in [6.45, 7) is 1.90. The summed E-state index contributed by atoms with van der Waals surface area (Å²) in [7, 11) is 0.